The lowest BCUT2D eigenvalue weighted by atomic mass is 10.1. The van der Waals surface area contributed by atoms with Gasteiger partial charge in [-0.25, -0.2) is 0 Å². The minimum Gasteiger partial charge on any atom is -0.326 e. The second-order valence-electron chi connectivity index (χ2n) is 4.68. The van der Waals surface area contributed by atoms with E-state index < -0.39 is 0 Å². The molecule has 0 aliphatic rings. The summed E-state index contributed by atoms with van der Waals surface area (Å²) in [5.41, 5.74) is 2.81. The van der Waals surface area contributed by atoms with Crippen molar-refractivity contribution < 1.29 is 9.59 Å². The van der Waals surface area contributed by atoms with E-state index in [1.54, 1.807) is 30.3 Å². The Labute approximate surface area is 131 Å². The Morgan fingerprint density at radius 3 is 2.48 bits per heavy atom. The third-order valence-corrected chi connectivity index (χ3v) is 3.39. The van der Waals surface area contributed by atoms with Crippen LogP contribution in [-0.4, -0.2) is 11.8 Å². The third kappa shape index (κ3) is 4.16. The number of anilines is 2. The molecule has 2 aromatic carbocycles. The minimum atomic E-state index is -0.195. The van der Waals surface area contributed by atoms with Gasteiger partial charge in [-0.05, 0) is 42.8 Å². The number of carbonyl (C=O) groups excluding carboxylic acids is 2. The van der Waals surface area contributed by atoms with E-state index in [0.29, 0.717) is 16.9 Å². The van der Waals surface area contributed by atoms with Crippen LogP contribution in [0.4, 0.5) is 11.4 Å². The lowest BCUT2D eigenvalue weighted by Crippen LogP contribution is -2.13. The molecule has 2 rings (SSSR count). The third-order valence-electron chi connectivity index (χ3n) is 2.89. The zero-order valence-electron chi connectivity index (χ0n) is 11.7. The molecule has 0 saturated heterocycles. The molecule has 0 saturated carbocycles. The summed E-state index contributed by atoms with van der Waals surface area (Å²) in [4.78, 5) is 23.3. The Kier molecular flexibility index (Phi) is 4.75. The smallest absolute Gasteiger partial charge is 0.255 e. The van der Waals surface area contributed by atoms with E-state index in [9.17, 15) is 9.59 Å². The maximum Gasteiger partial charge on any atom is 0.255 e. The number of aryl methyl sites for hydroxylation is 1. The highest BCUT2D eigenvalue weighted by molar-refractivity contribution is 9.10. The van der Waals surface area contributed by atoms with Crippen LogP contribution < -0.4 is 10.6 Å². The average Bonchev–Trinajstić information content (AvgIpc) is 2.42. The van der Waals surface area contributed by atoms with Crippen molar-refractivity contribution in [3.05, 3.63) is 58.1 Å². The van der Waals surface area contributed by atoms with Gasteiger partial charge in [-0.1, -0.05) is 28.1 Å². The topological polar surface area (TPSA) is 58.2 Å². The van der Waals surface area contributed by atoms with Crippen LogP contribution in [0.15, 0.2) is 46.9 Å². The summed E-state index contributed by atoms with van der Waals surface area (Å²) in [6.45, 7) is 3.34. The number of nitrogens with one attached hydrogen (secondary N) is 2. The molecule has 0 aromatic heterocycles. The Morgan fingerprint density at radius 2 is 1.81 bits per heavy atom. The quantitative estimate of drug-likeness (QED) is 0.883. The number of amides is 2. The number of hydrogen-bond acceptors (Lipinski definition) is 2. The van der Waals surface area contributed by atoms with Gasteiger partial charge in [0.25, 0.3) is 5.91 Å². The SMILES string of the molecule is CC(=O)Nc1ccc(C)c(NC(=O)c2cccc(Br)c2)c1. The lowest BCUT2D eigenvalue weighted by Gasteiger charge is -2.11. The van der Waals surface area contributed by atoms with Gasteiger partial charge in [0.05, 0.1) is 0 Å². The van der Waals surface area contributed by atoms with Gasteiger partial charge in [0.15, 0.2) is 0 Å². The van der Waals surface area contributed by atoms with E-state index in [4.69, 9.17) is 0 Å². The van der Waals surface area contributed by atoms with Gasteiger partial charge >= 0.3 is 0 Å². The molecule has 5 heteroatoms. The van der Waals surface area contributed by atoms with E-state index in [1.807, 2.05) is 19.1 Å². The Morgan fingerprint density at radius 1 is 1.05 bits per heavy atom. The summed E-state index contributed by atoms with van der Waals surface area (Å²) in [5.74, 6) is -0.345. The molecular formula is C16H15BrN2O2. The van der Waals surface area contributed by atoms with Gasteiger partial charge in [-0.2, -0.15) is 0 Å². The molecular weight excluding hydrogens is 332 g/mol. The van der Waals surface area contributed by atoms with Crippen LogP contribution in [0, 0.1) is 6.92 Å². The zero-order chi connectivity index (χ0) is 15.4. The molecule has 4 nitrogen and oxygen atoms in total. The zero-order valence-corrected chi connectivity index (χ0v) is 13.3. The molecule has 0 unspecified atom stereocenters. The molecule has 2 amide bonds. The van der Waals surface area contributed by atoms with Gasteiger partial charge in [0.2, 0.25) is 5.91 Å². The largest absolute Gasteiger partial charge is 0.326 e. The van der Waals surface area contributed by atoms with Crippen molar-refractivity contribution >= 4 is 39.1 Å². The summed E-state index contributed by atoms with van der Waals surface area (Å²) in [6.07, 6.45) is 0. The maximum absolute atomic E-state index is 12.2. The highest BCUT2D eigenvalue weighted by atomic mass is 79.9. The molecule has 0 heterocycles. The molecule has 0 aliphatic carbocycles. The van der Waals surface area contributed by atoms with Crippen molar-refractivity contribution in [1.29, 1.82) is 0 Å². The molecule has 2 N–H and O–H groups in total. The van der Waals surface area contributed by atoms with E-state index >= 15 is 0 Å². The Balaban J connectivity index is 2.22. The average molecular weight is 347 g/mol. The maximum atomic E-state index is 12.2. The molecule has 0 spiro atoms. The van der Waals surface area contributed by atoms with E-state index in [-0.39, 0.29) is 11.8 Å². The molecule has 108 valence electrons. The van der Waals surface area contributed by atoms with Gasteiger partial charge in [-0.3, -0.25) is 9.59 Å². The fourth-order valence-electron chi connectivity index (χ4n) is 1.86. The second kappa shape index (κ2) is 6.54. The van der Waals surface area contributed by atoms with Crippen LogP contribution in [0.2, 0.25) is 0 Å². The molecule has 0 fully saturated rings. The minimum absolute atomic E-state index is 0.150. The van der Waals surface area contributed by atoms with Crippen molar-refractivity contribution in [1.82, 2.24) is 0 Å². The van der Waals surface area contributed by atoms with Crippen LogP contribution in [0.1, 0.15) is 22.8 Å². The van der Waals surface area contributed by atoms with Gasteiger partial charge in [0, 0.05) is 28.3 Å². The first-order chi connectivity index (χ1) is 9.95. The molecule has 0 atom stereocenters. The Hall–Kier alpha value is -2.14. The first kappa shape index (κ1) is 15.3. The predicted octanol–water partition coefficient (Wildman–Crippen LogP) is 3.97. The monoisotopic (exact) mass is 346 g/mol. The van der Waals surface area contributed by atoms with Crippen molar-refractivity contribution in [2.75, 3.05) is 10.6 Å². The lowest BCUT2D eigenvalue weighted by molar-refractivity contribution is -0.114. The van der Waals surface area contributed by atoms with Crippen LogP contribution in [0.25, 0.3) is 0 Å². The summed E-state index contributed by atoms with van der Waals surface area (Å²) < 4.78 is 0.846. The second-order valence-corrected chi connectivity index (χ2v) is 5.59. The fraction of sp³-hybridized carbons (Fsp3) is 0.125. The van der Waals surface area contributed by atoms with Crippen LogP contribution >= 0.6 is 15.9 Å². The summed E-state index contributed by atoms with van der Waals surface area (Å²) in [5, 5.41) is 5.55. The predicted molar refractivity (Wildman–Crippen MR) is 87.6 cm³/mol. The van der Waals surface area contributed by atoms with Gasteiger partial charge < -0.3 is 10.6 Å². The van der Waals surface area contributed by atoms with Crippen molar-refractivity contribution in [3.63, 3.8) is 0 Å². The molecule has 0 aliphatic heterocycles. The normalized spacial score (nSPS) is 10.0. The number of rotatable bonds is 3. The highest BCUT2D eigenvalue weighted by Gasteiger charge is 2.09. The van der Waals surface area contributed by atoms with Gasteiger partial charge in [0.1, 0.15) is 0 Å². The number of carbonyl (C=O) groups is 2. The summed E-state index contributed by atoms with van der Waals surface area (Å²) >= 11 is 3.34. The standard InChI is InChI=1S/C16H15BrN2O2/c1-10-6-7-14(18-11(2)20)9-15(10)19-16(21)12-4-3-5-13(17)8-12/h3-9H,1-2H3,(H,18,20)(H,19,21). The highest BCUT2D eigenvalue weighted by Crippen LogP contribution is 2.21. The molecule has 0 radical (unpaired) electrons. The van der Waals surface area contributed by atoms with Crippen LogP contribution in [-0.2, 0) is 4.79 Å². The molecule has 21 heavy (non-hydrogen) atoms. The first-order valence-corrected chi connectivity index (χ1v) is 7.20. The van der Waals surface area contributed by atoms with Crippen molar-refractivity contribution in [2.24, 2.45) is 0 Å². The van der Waals surface area contributed by atoms with Crippen LogP contribution in [0.3, 0.4) is 0 Å². The Bertz CT molecular complexity index is 698. The molecule has 2 aromatic rings. The number of benzene rings is 2. The van der Waals surface area contributed by atoms with E-state index in [1.165, 1.54) is 6.92 Å². The van der Waals surface area contributed by atoms with E-state index in [2.05, 4.69) is 26.6 Å². The van der Waals surface area contributed by atoms with Crippen LogP contribution in [0.5, 0.6) is 0 Å². The summed E-state index contributed by atoms with van der Waals surface area (Å²) in [6, 6.07) is 12.5. The number of halogens is 1. The fourth-order valence-corrected chi connectivity index (χ4v) is 2.26. The summed E-state index contributed by atoms with van der Waals surface area (Å²) in [7, 11) is 0. The molecule has 0 bridgehead atoms. The van der Waals surface area contributed by atoms with E-state index in [0.717, 1.165) is 10.0 Å². The van der Waals surface area contributed by atoms with Crippen molar-refractivity contribution in [3.8, 4) is 0 Å². The van der Waals surface area contributed by atoms with Crippen molar-refractivity contribution in [2.45, 2.75) is 13.8 Å². The van der Waals surface area contributed by atoms with Gasteiger partial charge in [-0.15, -0.1) is 0 Å². The number of hydrogen-bond donors (Lipinski definition) is 2. The first-order valence-electron chi connectivity index (χ1n) is 6.41.